The Labute approximate surface area is 179 Å². The molecule has 0 aromatic carbocycles. The van der Waals surface area contributed by atoms with E-state index in [0.29, 0.717) is 42.1 Å². The lowest BCUT2D eigenvalue weighted by Gasteiger charge is -2.27. The topological polar surface area (TPSA) is 97.4 Å². The van der Waals surface area contributed by atoms with Crippen LogP contribution in [-0.4, -0.2) is 53.2 Å². The minimum Gasteiger partial charge on any atom is -0.462 e. The highest BCUT2D eigenvalue weighted by atomic mass is 16.5. The molecule has 0 atom stereocenters. The normalized spacial score (nSPS) is 16.7. The van der Waals surface area contributed by atoms with E-state index in [-0.39, 0.29) is 11.9 Å². The van der Waals surface area contributed by atoms with Gasteiger partial charge in [0.1, 0.15) is 5.65 Å². The van der Waals surface area contributed by atoms with Gasteiger partial charge >= 0.3 is 5.97 Å². The van der Waals surface area contributed by atoms with Crippen LogP contribution >= 0.6 is 0 Å². The number of ether oxygens (including phenoxy) is 2. The number of anilines is 1. The highest BCUT2D eigenvalue weighted by Gasteiger charge is 2.31. The Bertz CT molecular complexity index is 1150. The van der Waals surface area contributed by atoms with Gasteiger partial charge in [-0.25, -0.2) is 9.78 Å². The summed E-state index contributed by atoms with van der Waals surface area (Å²) in [4.78, 5) is 38.8. The van der Waals surface area contributed by atoms with Crippen LogP contribution in [0.4, 0.5) is 5.69 Å². The average Bonchev–Trinajstić information content (AvgIpc) is 3.35. The maximum atomic E-state index is 12.7. The second-order valence-electron chi connectivity index (χ2n) is 7.97. The Hall–Kier alpha value is -3.26. The zero-order valence-corrected chi connectivity index (χ0v) is 17.4. The molecule has 8 heteroatoms. The lowest BCUT2D eigenvalue weighted by molar-refractivity contribution is -0.117. The van der Waals surface area contributed by atoms with Crippen molar-refractivity contribution in [3.63, 3.8) is 0 Å². The van der Waals surface area contributed by atoms with Crippen molar-refractivity contribution in [2.45, 2.75) is 26.2 Å². The Morgan fingerprint density at radius 2 is 2.00 bits per heavy atom. The third-order valence-electron chi connectivity index (χ3n) is 6.00. The number of nitrogens with one attached hydrogen (secondary N) is 1. The van der Waals surface area contributed by atoms with Crippen molar-refractivity contribution in [2.24, 2.45) is 5.92 Å². The molecule has 1 amide bonds. The number of carbonyl (C=O) groups is 2. The molecule has 5 rings (SSSR count). The molecule has 1 fully saturated rings. The largest absolute Gasteiger partial charge is 0.462 e. The van der Waals surface area contributed by atoms with Gasteiger partial charge in [-0.1, -0.05) is 0 Å². The Kier molecular flexibility index (Phi) is 5.15. The van der Waals surface area contributed by atoms with Gasteiger partial charge in [0.2, 0.25) is 5.91 Å². The lowest BCUT2D eigenvalue weighted by Crippen LogP contribution is -2.34. The molecule has 31 heavy (non-hydrogen) atoms. The zero-order valence-electron chi connectivity index (χ0n) is 17.4. The first kappa shape index (κ1) is 19.7. The van der Waals surface area contributed by atoms with E-state index in [9.17, 15) is 9.59 Å². The molecule has 2 aliphatic heterocycles. The van der Waals surface area contributed by atoms with E-state index in [1.807, 2.05) is 17.0 Å². The van der Waals surface area contributed by atoms with Gasteiger partial charge in [0.25, 0.3) is 0 Å². The number of hydrogen-bond acceptors (Lipinski definition) is 6. The molecule has 0 radical (unpaired) electrons. The lowest BCUT2D eigenvalue weighted by atomic mass is 9.99. The summed E-state index contributed by atoms with van der Waals surface area (Å²) in [7, 11) is 0. The quantitative estimate of drug-likeness (QED) is 0.637. The fourth-order valence-electron chi connectivity index (χ4n) is 4.31. The van der Waals surface area contributed by atoms with Crippen molar-refractivity contribution in [1.82, 2.24) is 15.0 Å². The molecule has 0 bridgehead atoms. The second kappa shape index (κ2) is 8.11. The minimum atomic E-state index is -0.381. The number of rotatable bonds is 5. The van der Waals surface area contributed by atoms with Crippen LogP contribution in [0.2, 0.25) is 0 Å². The van der Waals surface area contributed by atoms with Crippen molar-refractivity contribution in [1.29, 1.82) is 0 Å². The van der Waals surface area contributed by atoms with Gasteiger partial charge in [-0.2, -0.15) is 0 Å². The van der Waals surface area contributed by atoms with Gasteiger partial charge in [0, 0.05) is 54.9 Å². The van der Waals surface area contributed by atoms with E-state index in [4.69, 9.17) is 9.47 Å². The third kappa shape index (κ3) is 3.67. The molecule has 3 aromatic rings. The molecule has 0 unspecified atom stereocenters. The van der Waals surface area contributed by atoms with Crippen LogP contribution in [0.15, 0.2) is 30.7 Å². The molecule has 1 saturated heterocycles. The number of esters is 1. The summed E-state index contributed by atoms with van der Waals surface area (Å²) in [6, 6.07) is 3.92. The first-order valence-corrected chi connectivity index (χ1v) is 10.7. The molecule has 0 aliphatic carbocycles. The Balaban J connectivity index is 1.48. The van der Waals surface area contributed by atoms with E-state index in [2.05, 4.69) is 15.0 Å². The van der Waals surface area contributed by atoms with Crippen LogP contribution in [0.5, 0.6) is 0 Å². The molecular weight excluding hydrogens is 396 g/mol. The summed E-state index contributed by atoms with van der Waals surface area (Å²) in [5, 5.41) is 0.701. The maximum absolute atomic E-state index is 12.7. The molecule has 160 valence electrons. The number of amides is 1. The van der Waals surface area contributed by atoms with Crippen molar-refractivity contribution in [3.05, 3.63) is 42.0 Å². The smallest absolute Gasteiger partial charge is 0.340 e. The van der Waals surface area contributed by atoms with Crippen molar-refractivity contribution in [2.75, 3.05) is 31.3 Å². The first-order valence-electron chi connectivity index (χ1n) is 10.7. The van der Waals surface area contributed by atoms with Gasteiger partial charge in [-0.3, -0.25) is 9.78 Å². The number of nitrogens with zero attached hydrogens (tertiary/aromatic N) is 3. The maximum Gasteiger partial charge on any atom is 0.340 e. The number of fused-ring (bicyclic) bond motifs is 2. The van der Waals surface area contributed by atoms with Crippen LogP contribution in [0, 0.1) is 5.92 Å². The number of H-pyrrole nitrogens is 1. The van der Waals surface area contributed by atoms with Crippen molar-refractivity contribution >= 4 is 28.6 Å². The molecule has 5 heterocycles. The van der Waals surface area contributed by atoms with E-state index in [1.54, 1.807) is 25.5 Å². The molecular formula is C23H24N4O4. The van der Waals surface area contributed by atoms with E-state index < -0.39 is 0 Å². The highest BCUT2D eigenvalue weighted by molar-refractivity contribution is 6.04. The fraction of sp³-hybridized carbons (Fsp3) is 0.391. The molecule has 3 aromatic heterocycles. The number of pyridine rings is 2. The Morgan fingerprint density at radius 3 is 2.81 bits per heavy atom. The van der Waals surface area contributed by atoms with Gasteiger partial charge < -0.3 is 19.4 Å². The zero-order chi connectivity index (χ0) is 21.4. The minimum absolute atomic E-state index is 0.0925. The van der Waals surface area contributed by atoms with Gasteiger partial charge in [-0.15, -0.1) is 0 Å². The fourth-order valence-corrected chi connectivity index (χ4v) is 4.31. The van der Waals surface area contributed by atoms with Crippen LogP contribution < -0.4 is 4.90 Å². The SMILES string of the molecule is CCOC(=O)c1c[nH]c2ncc(-c3cnc4c(c3)N(CC3CCOCC3)C(=O)C4)cc12. The first-order chi connectivity index (χ1) is 15.1. The molecule has 0 spiro atoms. The number of carbonyl (C=O) groups excluding carboxylic acids is 2. The number of aromatic nitrogens is 3. The third-order valence-corrected chi connectivity index (χ3v) is 6.00. The summed E-state index contributed by atoms with van der Waals surface area (Å²) in [5.41, 5.74) is 4.44. The predicted molar refractivity (Wildman–Crippen MR) is 115 cm³/mol. The summed E-state index contributed by atoms with van der Waals surface area (Å²) in [6.07, 6.45) is 7.41. The van der Waals surface area contributed by atoms with E-state index >= 15 is 0 Å². The molecule has 0 saturated carbocycles. The Morgan fingerprint density at radius 1 is 1.23 bits per heavy atom. The standard InChI is InChI=1S/C23H24N4O4/c1-2-31-23(29)18-12-26-22-17(18)7-15(11-25-22)16-8-20-19(24-10-16)9-21(28)27(20)13-14-3-5-30-6-4-14/h7-8,10-12,14H,2-6,9,13H2,1H3,(H,25,26). The monoisotopic (exact) mass is 420 g/mol. The van der Waals surface area contributed by atoms with Crippen LogP contribution in [-0.2, 0) is 20.7 Å². The summed E-state index contributed by atoms with van der Waals surface area (Å²) >= 11 is 0. The molecule has 1 N–H and O–H groups in total. The number of hydrogen-bond donors (Lipinski definition) is 1. The predicted octanol–water partition coefficient (Wildman–Crippen LogP) is 3.12. The molecule has 2 aliphatic rings. The van der Waals surface area contributed by atoms with E-state index in [1.165, 1.54) is 0 Å². The van der Waals surface area contributed by atoms with Crippen molar-refractivity contribution < 1.29 is 19.1 Å². The summed E-state index contributed by atoms with van der Waals surface area (Å²) < 4.78 is 10.6. The van der Waals surface area contributed by atoms with Crippen molar-refractivity contribution in [3.8, 4) is 11.1 Å². The number of aromatic amines is 1. The van der Waals surface area contributed by atoms with Crippen LogP contribution in [0.25, 0.3) is 22.2 Å². The van der Waals surface area contributed by atoms with Gasteiger partial charge in [0.05, 0.1) is 30.0 Å². The van der Waals surface area contributed by atoms with Crippen LogP contribution in [0.1, 0.15) is 35.8 Å². The summed E-state index contributed by atoms with van der Waals surface area (Å²) in [5.74, 6) is 0.153. The van der Waals surface area contributed by atoms with Gasteiger partial charge in [0.15, 0.2) is 0 Å². The highest BCUT2D eigenvalue weighted by Crippen LogP contribution is 2.34. The second-order valence-corrected chi connectivity index (χ2v) is 7.97. The average molecular weight is 420 g/mol. The van der Waals surface area contributed by atoms with Gasteiger partial charge in [-0.05, 0) is 37.8 Å². The van der Waals surface area contributed by atoms with Crippen LogP contribution in [0.3, 0.4) is 0 Å². The van der Waals surface area contributed by atoms with E-state index in [0.717, 1.165) is 48.6 Å². The molecule has 8 nitrogen and oxygen atoms in total. The summed E-state index contributed by atoms with van der Waals surface area (Å²) in [6.45, 7) is 4.29.